The Morgan fingerprint density at radius 2 is 1.56 bits per heavy atom. The van der Waals surface area contributed by atoms with Gasteiger partial charge in [0.25, 0.3) is 0 Å². The molecule has 0 atom stereocenters. The van der Waals surface area contributed by atoms with Crippen molar-refractivity contribution in [3.63, 3.8) is 0 Å². The molecule has 0 heterocycles. The molecule has 3 aromatic carbocycles. The van der Waals surface area contributed by atoms with E-state index in [-0.39, 0.29) is 0 Å². The molecule has 0 saturated carbocycles. The van der Waals surface area contributed by atoms with Gasteiger partial charge in [-0.15, -0.1) is 0 Å². The molecule has 0 fully saturated rings. The van der Waals surface area contributed by atoms with Crippen LogP contribution in [0.4, 0.5) is 5.69 Å². The van der Waals surface area contributed by atoms with Crippen LogP contribution in [0.25, 0.3) is 11.1 Å². The first kappa shape index (κ1) is 22.7. The maximum atomic E-state index is 4.74. The van der Waals surface area contributed by atoms with Crippen molar-refractivity contribution in [2.45, 2.75) is 6.42 Å². The molecule has 32 heavy (non-hydrogen) atoms. The van der Waals surface area contributed by atoms with E-state index in [1.165, 1.54) is 16.7 Å². The van der Waals surface area contributed by atoms with E-state index in [0.717, 1.165) is 17.7 Å². The third-order valence-electron chi connectivity index (χ3n) is 5.03. The van der Waals surface area contributed by atoms with Gasteiger partial charge in [-0.1, -0.05) is 110 Å². The number of allylic oxidation sites excluding steroid dienone is 3. The number of benzene rings is 3. The largest absolute Gasteiger partial charge is 0.355 e. The molecule has 3 heteroatoms. The predicted molar refractivity (Wildman–Crippen MR) is 140 cm³/mol. The summed E-state index contributed by atoms with van der Waals surface area (Å²) in [6, 6.07) is 29.1. The molecule has 0 aliphatic carbocycles. The van der Waals surface area contributed by atoms with Crippen molar-refractivity contribution in [3.8, 4) is 11.1 Å². The molecule has 160 valence electrons. The highest BCUT2D eigenvalue weighted by Gasteiger charge is 2.09. The summed E-state index contributed by atoms with van der Waals surface area (Å²) in [4.78, 5) is 11.0. The molecular weight excluding hydrogens is 390 g/mol. The van der Waals surface area contributed by atoms with Crippen LogP contribution in [0.3, 0.4) is 0 Å². The van der Waals surface area contributed by atoms with Gasteiger partial charge in [0.15, 0.2) is 5.84 Å². The monoisotopic (exact) mass is 419 g/mol. The van der Waals surface area contributed by atoms with E-state index in [4.69, 9.17) is 4.99 Å². The lowest BCUT2D eigenvalue weighted by molar-refractivity contribution is 0.932. The summed E-state index contributed by atoms with van der Waals surface area (Å²) < 4.78 is 0. The van der Waals surface area contributed by atoms with E-state index in [2.05, 4.69) is 83.9 Å². The van der Waals surface area contributed by atoms with E-state index in [9.17, 15) is 0 Å². The van der Waals surface area contributed by atoms with Crippen molar-refractivity contribution in [2.75, 3.05) is 18.6 Å². The second-order valence-corrected chi connectivity index (χ2v) is 7.31. The van der Waals surface area contributed by atoms with Crippen molar-refractivity contribution >= 4 is 18.2 Å². The van der Waals surface area contributed by atoms with Crippen LogP contribution in [0.1, 0.15) is 5.56 Å². The van der Waals surface area contributed by atoms with Gasteiger partial charge in [0.05, 0.1) is 0 Å². The summed E-state index contributed by atoms with van der Waals surface area (Å²) >= 11 is 0. The zero-order chi connectivity index (χ0) is 22.6. The highest BCUT2D eigenvalue weighted by atomic mass is 15.2. The second-order valence-electron chi connectivity index (χ2n) is 7.31. The molecule has 0 aliphatic heterocycles. The predicted octanol–water partition coefficient (Wildman–Crippen LogP) is 6.76. The number of para-hydroxylation sites is 1. The minimum atomic E-state index is 0.458. The van der Waals surface area contributed by atoms with E-state index in [1.54, 1.807) is 6.08 Å². The fourth-order valence-corrected chi connectivity index (χ4v) is 3.42. The van der Waals surface area contributed by atoms with E-state index >= 15 is 0 Å². The van der Waals surface area contributed by atoms with Gasteiger partial charge in [-0.25, -0.2) is 9.98 Å². The van der Waals surface area contributed by atoms with Gasteiger partial charge < -0.3 is 4.90 Å². The van der Waals surface area contributed by atoms with Crippen LogP contribution in [-0.2, 0) is 6.42 Å². The average molecular weight is 420 g/mol. The fraction of sp³-hybridized carbons (Fsp3) is 0.103. The molecule has 0 saturated heterocycles. The average Bonchev–Trinajstić information content (AvgIpc) is 2.85. The van der Waals surface area contributed by atoms with E-state index < -0.39 is 0 Å². The van der Waals surface area contributed by atoms with Gasteiger partial charge in [-0.05, 0) is 30.3 Å². The second kappa shape index (κ2) is 12.0. The molecule has 0 radical (unpaired) electrons. The maximum Gasteiger partial charge on any atom is 0.155 e. The third kappa shape index (κ3) is 6.26. The minimum absolute atomic E-state index is 0.458. The molecule has 0 bridgehead atoms. The first-order chi connectivity index (χ1) is 15.7. The molecule has 3 aromatic rings. The first-order valence-electron chi connectivity index (χ1n) is 10.6. The summed E-state index contributed by atoms with van der Waals surface area (Å²) in [5.74, 6) is 0.596. The Hall–Kier alpha value is -3.98. The summed E-state index contributed by atoms with van der Waals surface area (Å²) in [6.45, 7) is 8.03. The molecule has 0 amide bonds. The standard InChI is InChI=1S/C29H29N3/c1-4-14-26(20-13-17-24-15-7-5-8-16-24)29(30-2)31-23-32(3)28-22-12-11-21-27(28)25-18-9-6-10-19-25/h4-16,18-22H,1-2,17,23H2,3H3/b20-13-,26-14+,31-29-. The van der Waals surface area contributed by atoms with Crippen molar-refractivity contribution in [1.29, 1.82) is 0 Å². The normalized spacial score (nSPS) is 12.0. The van der Waals surface area contributed by atoms with Crippen molar-refractivity contribution in [1.82, 2.24) is 0 Å². The summed E-state index contributed by atoms with van der Waals surface area (Å²) in [5.41, 5.74) is 5.60. The fourth-order valence-electron chi connectivity index (χ4n) is 3.42. The van der Waals surface area contributed by atoms with Crippen LogP contribution in [0, 0.1) is 0 Å². The van der Waals surface area contributed by atoms with Gasteiger partial charge in [-0.2, -0.15) is 0 Å². The van der Waals surface area contributed by atoms with Gasteiger partial charge in [-0.3, -0.25) is 0 Å². The SMILES string of the molecule is C=C/C=C(\C=C/Cc1ccccc1)C(/N=C)=N/CN(C)c1ccccc1-c1ccccc1. The Morgan fingerprint density at radius 1 is 0.906 bits per heavy atom. The minimum Gasteiger partial charge on any atom is -0.355 e. The Morgan fingerprint density at radius 3 is 2.25 bits per heavy atom. The molecule has 0 spiro atoms. The maximum absolute atomic E-state index is 4.74. The molecule has 3 rings (SSSR count). The Bertz CT molecular complexity index is 1110. The van der Waals surface area contributed by atoms with Gasteiger partial charge in [0.1, 0.15) is 6.67 Å². The third-order valence-corrected chi connectivity index (χ3v) is 5.03. The Labute approximate surface area is 191 Å². The number of anilines is 1. The Balaban J connectivity index is 1.78. The first-order valence-corrected chi connectivity index (χ1v) is 10.6. The Kier molecular flexibility index (Phi) is 8.52. The number of nitrogens with zero attached hydrogens (tertiary/aromatic N) is 3. The highest BCUT2D eigenvalue weighted by molar-refractivity contribution is 6.03. The number of amidine groups is 1. The van der Waals surface area contributed by atoms with E-state index in [0.29, 0.717) is 12.5 Å². The smallest absolute Gasteiger partial charge is 0.155 e. The van der Waals surface area contributed by atoms with Crippen molar-refractivity contribution in [3.05, 3.63) is 127 Å². The number of hydrogen-bond acceptors (Lipinski definition) is 2. The zero-order valence-electron chi connectivity index (χ0n) is 18.6. The highest BCUT2D eigenvalue weighted by Crippen LogP contribution is 2.29. The van der Waals surface area contributed by atoms with Crippen molar-refractivity contribution < 1.29 is 0 Å². The molecule has 0 N–H and O–H groups in total. The van der Waals surface area contributed by atoms with Gasteiger partial charge in [0, 0.05) is 23.9 Å². The molecule has 0 aliphatic rings. The van der Waals surface area contributed by atoms with Crippen LogP contribution in [0.15, 0.2) is 131 Å². The van der Waals surface area contributed by atoms with Gasteiger partial charge >= 0.3 is 0 Å². The quantitative estimate of drug-likeness (QED) is 0.214. The number of rotatable bonds is 9. The van der Waals surface area contributed by atoms with Crippen molar-refractivity contribution in [2.24, 2.45) is 9.98 Å². The number of aliphatic imine (C=N–C) groups is 2. The van der Waals surface area contributed by atoms with E-state index in [1.807, 2.05) is 49.5 Å². The summed E-state index contributed by atoms with van der Waals surface area (Å²) in [5, 5.41) is 0. The molecular formula is C29H29N3. The summed E-state index contributed by atoms with van der Waals surface area (Å²) in [6.07, 6.45) is 8.63. The number of hydrogen-bond donors (Lipinski definition) is 0. The lowest BCUT2D eigenvalue weighted by Gasteiger charge is -2.21. The van der Waals surface area contributed by atoms with Crippen LogP contribution < -0.4 is 4.90 Å². The van der Waals surface area contributed by atoms with Crippen LogP contribution in [-0.4, -0.2) is 26.3 Å². The lowest BCUT2D eigenvalue weighted by Crippen LogP contribution is -2.19. The topological polar surface area (TPSA) is 28.0 Å². The lowest BCUT2D eigenvalue weighted by atomic mass is 10.0. The van der Waals surface area contributed by atoms with Crippen LogP contribution >= 0.6 is 0 Å². The van der Waals surface area contributed by atoms with Crippen LogP contribution in [0.5, 0.6) is 0 Å². The van der Waals surface area contributed by atoms with Gasteiger partial charge in [0.2, 0.25) is 0 Å². The summed E-state index contributed by atoms with van der Waals surface area (Å²) in [7, 11) is 2.04. The molecule has 0 aromatic heterocycles. The zero-order valence-corrected chi connectivity index (χ0v) is 18.6. The molecule has 3 nitrogen and oxygen atoms in total. The van der Waals surface area contributed by atoms with Crippen LogP contribution in [0.2, 0.25) is 0 Å². The molecule has 0 unspecified atom stereocenters.